The third kappa shape index (κ3) is 6.43. The van der Waals surface area contributed by atoms with Gasteiger partial charge in [0.25, 0.3) is 0 Å². The van der Waals surface area contributed by atoms with Crippen molar-refractivity contribution in [1.82, 2.24) is 4.90 Å². The van der Waals surface area contributed by atoms with Crippen LogP contribution in [0.5, 0.6) is 0 Å². The van der Waals surface area contributed by atoms with Crippen molar-refractivity contribution < 1.29 is 64.3 Å². The summed E-state index contributed by atoms with van der Waals surface area (Å²) in [6.07, 6.45) is 1.06. The first-order chi connectivity index (χ1) is 6.03. The molecule has 2 nitrogen and oxygen atoms in total. The molecule has 0 atom stereocenters. The van der Waals surface area contributed by atoms with Gasteiger partial charge in [0.1, 0.15) is 0 Å². The molecule has 0 aromatic heterocycles. The predicted octanol–water partition coefficient (Wildman–Crippen LogP) is -1.24. The number of hydrogen-bond acceptors (Lipinski definition) is 2. The molecule has 0 bridgehead atoms. The minimum atomic E-state index is -4.74. The predicted molar refractivity (Wildman–Crippen MR) is 43.9 cm³/mol. The van der Waals surface area contributed by atoms with Crippen molar-refractivity contribution in [1.29, 1.82) is 5.26 Å². The Labute approximate surface area is 124 Å². The van der Waals surface area contributed by atoms with Crippen LogP contribution in [0.15, 0.2) is 0 Å². The summed E-state index contributed by atoms with van der Waals surface area (Å²) in [6, 6.07) is 1.94. The fourth-order valence-corrected chi connectivity index (χ4v) is 1.32. The molecule has 0 aromatic rings. The zero-order valence-corrected chi connectivity index (χ0v) is 11.3. The number of rotatable bonds is 5. The SMILES string of the molecule is N#CCCN(C[B-](F)(F)F)C1CC1.[K+]. The van der Waals surface area contributed by atoms with Gasteiger partial charge in [0.2, 0.25) is 0 Å². The van der Waals surface area contributed by atoms with E-state index in [9.17, 15) is 12.9 Å². The minimum Gasteiger partial charge on any atom is -0.448 e. The summed E-state index contributed by atoms with van der Waals surface area (Å²) in [5, 5.41) is 8.26. The van der Waals surface area contributed by atoms with E-state index in [-0.39, 0.29) is 70.4 Å². The number of halogens is 3. The van der Waals surface area contributed by atoms with E-state index < -0.39 is 13.4 Å². The van der Waals surface area contributed by atoms with E-state index >= 15 is 0 Å². The van der Waals surface area contributed by atoms with Crippen molar-refractivity contribution in [3.63, 3.8) is 0 Å². The van der Waals surface area contributed by atoms with Gasteiger partial charge in [0.15, 0.2) is 0 Å². The van der Waals surface area contributed by atoms with Crippen molar-refractivity contribution in [2.45, 2.75) is 25.3 Å². The standard InChI is InChI=1S/C7H11BF3N2.K/c9-8(10,11)6-13(5-1-4-12)7-2-3-7;/h7H,1-3,5-6H2;/q-1;+1. The van der Waals surface area contributed by atoms with Gasteiger partial charge in [-0.2, -0.15) is 5.26 Å². The second-order valence-electron chi connectivity index (χ2n) is 3.34. The van der Waals surface area contributed by atoms with E-state index in [2.05, 4.69) is 0 Å². The van der Waals surface area contributed by atoms with Gasteiger partial charge in [-0.3, -0.25) is 0 Å². The Hall–Kier alpha value is 0.941. The maximum absolute atomic E-state index is 12.1. The Morgan fingerprint density at radius 1 is 1.36 bits per heavy atom. The van der Waals surface area contributed by atoms with Crippen molar-refractivity contribution >= 4 is 6.98 Å². The zero-order valence-electron chi connectivity index (χ0n) is 8.22. The molecule has 7 heteroatoms. The summed E-state index contributed by atoms with van der Waals surface area (Å²) in [5.41, 5.74) is 0. The van der Waals surface area contributed by atoms with E-state index in [0.29, 0.717) is 0 Å². The second kappa shape index (κ2) is 6.51. The number of hydrogen-bond donors (Lipinski definition) is 0. The summed E-state index contributed by atoms with van der Waals surface area (Å²) < 4.78 is 36.2. The van der Waals surface area contributed by atoms with Gasteiger partial charge in [-0.25, -0.2) is 0 Å². The first kappa shape index (κ1) is 14.9. The van der Waals surface area contributed by atoms with Gasteiger partial charge in [-0.15, -0.1) is 0 Å². The van der Waals surface area contributed by atoms with Gasteiger partial charge >= 0.3 is 58.4 Å². The molecule has 1 aliphatic rings. The molecule has 1 fully saturated rings. The van der Waals surface area contributed by atoms with Gasteiger partial charge in [0.05, 0.1) is 6.07 Å². The van der Waals surface area contributed by atoms with Crippen LogP contribution in [0.1, 0.15) is 19.3 Å². The Morgan fingerprint density at radius 2 is 1.93 bits per heavy atom. The van der Waals surface area contributed by atoms with Gasteiger partial charge in [-0.1, -0.05) is 0 Å². The second-order valence-corrected chi connectivity index (χ2v) is 3.34. The van der Waals surface area contributed by atoms with Crippen molar-refractivity contribution in [3.05, 3.63) is 0 Å². The molecule has 1 aliphatic carbocycles. The molecule has 74 valence electrons. The molecule has 0 radical (unpaired) electrons. The maximum Gasteiger partial charge on any atom is 1.00 e. The van der Waals surface area contributed by atoms with Crippen LogP contribution < -0.4 is 51.4 Å². The molecule has 0 spiro atoms. The largest absolute Gasteiger partial charge is 1.00 e. The van der Waals surface area contributed by atoms with Gasteiger partial charge in [0, 0.05) is 19.0 Å². The molecule has 14 heavy (non-hydrogen) atoms. The fraction of sp³-hybridized carbons (Fsp3) is 0.857. The van der Waals surface area contributed by atoms with Crippen LogP contribution in [0.3, 0.4) is 0 Å². The van der Waals surface area contributed by atoms with E-state index in [1.165, 1.54) is 4.90 Å². The van der Waals surface area contributed by atoms with Crippen molar-refractivity contribution in [2.24, 2.45) is 0 Å². The molecule has 0 aromatic carbocycles. The smallest absolute Gasteiger partial charge is 0.448 e. The monoisotopic (exact) mass is 230 g/mol. The number of nitriles is 1. The Kier molecular flexibility index (Phi) is 6.95. The van der Waals surface area contributed by atoms with Crippen LogP contribution in [-0.2, 0) is 0 Å². The van der Waals surface area contributed by atoms with Crippen molar-refractivity contribution in [3.8, 4) is 6.07 Å². The minimum absolute atomic E-state index is 0. The van der Waals surface area contributed by atoms with Crippen LogP contribution in [-0.4, -0.2) is 30.9 Å². The normalized spacial score (nSPS) is 16.2. The summed E-state index contributed by atoms with van der Waals surface area (Å²) in [5.74, 6) is 0. The summed E-state index contributed by atoms with van der Waals surface area (Å²) in [6.45, 7) is -4.49. The number of nitrogens with zero attached hydrogens (tertiary/aromatic N) is 2. The molecule has 0 amide bonds. The molecular weight excluding hydrogens is 219 g/mol. The molecule has 0 unspecified atom stereocenters. The molecule has 0 saturated heterocycles. The first-order valence-electron chi connectivity index (χ1n) is 4.35. The molecule has 1 saturated carbocycles. The van der Waals surface area contributed by atoms with Crippen LogP contribution in [0.25, 0.3) is 0 Å². The summed E-state index contributed by atoms with van der Waals surface area (Å²) in [7, 11) is 0. The Balaban J connectivity index is 0.00000169. The third-order valence-electron chi connectivity index (χ3n) is 2.02. The zero-order chi connectivity index (χ0) is 9.90. The van der Waals surface area contributed by atoms with Gasteiger partial charge < -0.3 is 17.8 Å². The van der Waals surface area contributed by atoms with E-state index in [0.717, 1.165) is 12.8 Å². The molecule has 0 aliphatic heterocycles. The van der Waals surface area contributed by atoms with Crippen LogP contribution in [0.4, 0.5) is 12.9 Å². The van der Waals surface area contributed by atoms with Gasteiger partial charge in [-0.05, 0) is 19.3 Å². The van der Waals surface area contributed by atoms with Crippen LogP contribution >= 0.6 is 0 Å². The van der Waals surface area contributed by atoms with Crippen LogP contribution in [0.2, 0.25) is 0 Å². The average Bonchev–Trinajstić information content (AvgIpc) is 2.77. The third-order valence-corrected chi connectivity index (χ3v) is 2.02. The topological polar surface area (TPSA) is 27.0 Å². The summed E-state index contributed by atoms with van der Waals surface area (Å²) >= 11 is 0. The quantitative estimate of drug-likeness (QED) is 0.552. The van der Waals surface area contributed by atoms with E-state index in [1.54, 1.807) is 0 Å². The Bertz CT molecular complexity index is 212. The molecular formula is C7H11BF3KN2. The fourth-order valence-electron chi connectivity index (χ4n) is 1.32. The average molecular weight is 230 g/mol. The van der Waals surface area contributed by atoms with E-state index in [1.807, 2.05) is 6.07 Å². The van der Waals surface area contributed by atoms with E-state index in [4.69, 9.17) is 5.26 Å². The van der Waals surface area contributed by atoms with Crippen LogP contribution in [0, 0.1) is 11.3 Å². The molecule has 0 N–H and O–H groups in total. The summed E-state index contributed by atoms with van der Waals surface area (Å²) in [4.78, 5) is 1.38. The molecule has 0 heterocycles. The Morgan fingerprint density at radius 3 is 2.29 bits per heavy atom. The first-order valence-corrected chi connectivity index (χ1v) is 4.35. The maximum atomic E-state index is 12.1. The van der Waals surface area contributed by atoms with Crippen molar-refractivity contribution in [2.75, 3.05) is 13.0 Å². The molecule has 1 rings (SSSR count).